The van der Waals surface area contributed by atoms with Gasteiger partial charge in [0.15, 0.2) is 0 Å². The maximum absolute atomic E-state index is 13.5. The van der Waals surface area contributed by atoms with Crippen LogP contribution in [0.3, 0.4) is 0 Å². The number of para-hydroxylation sites is 1. The smallest absolute Gasteiger partial charge is 0.268 e. The molecule has 2 atom stereocenters. The average molecular weight is 426 g/mol. The van der Waals surface area contributed by atoms with E-state index in [-0.39, 0.29) is 11.3 Å². The van der Waals surface area contributed by atoms with E-state index in [0.29, 0.717) is 11.3 Å². The van der Waals surface area contributed by atoms with E-state index in [2.05, 4.69) is 0 Å². The number of fused-ring (bicyclic) bond motifs is 4. The van der Waals surface area contributed by atoms with E-state index in [4.69, 9.17) is 4.98 Å². The van der Waals surface area contributed by atoms with Crippen molar-refractivity contribution in [3.8, 4) is 0 Å². The first kappa shape index (κ1) is 18.3. The first-order valence-electron chi connectivity index (χ1n) is 10.1. The first-order chi connectivity index (χ1) is 15.0. The van der Waals surface area contributed by atoms with Crippen LogP contribution in [0.4, 0.5) is 0 Å². The molecule has 0 aliphatic carbocycles. The van der Waals surface area contributed by atoms with Gasteiger partial charge >= 0.3 is 0 Å². The van der Waals surface area contributed by atoms with Gasteiger partial charge in [-0.25, -0.2) is 12.7 Å². The number of carbonyl (C=O) groups is 1. The molecular formula is C25H18N2O3S. The third-order valence-electron chi connectivity index (χ3n) is 6.44. The number of hydrogen-bond acceptors (Lipinski definition) is 4. The average Bonchev–Trinajstić information content (AvgIpc) is 3.24. The maximum atomic E-state index is 13.5. The normalized spacial score (nSPS) is 23.7. The van der Waals surface area contributed by atoms with Gasteiger partial charge in [-0.05, 0) is 23.8 Å². The number of nitrogens with zero attached hydrogens (tertiary/aromatic N) is 2. The molecule has 5 nitrogen and oxygen atoms in total. The molecule has 31 heavy (non-hydrogen) atoms. The fourth-order valence-electron chi connectivity index (χ4n) is 5.23. The Hall–Kier alpha value is -3.51. The lowest BCUT2D eigenvalue weighted by Crippen LogP contribution is -2.44. The standard InChI is InChI=1S/C25H18N2O3S/c28-24-16-20(22-15-14-17-8-4-6-12-21(17)26-22)25(18-9-2-1-3-10-18)19-11-5-7-13-23(19)31(29,30)27(24)25/h1-15,20H,16H2/t20-,25-/m1/s1. The van der Waals surface area contributed by atoms with Crippen LogP contribution >= 0.6 is 0 Å². The molecule has 0 bridgehead atoms. The zero-order chi connectivity index (χ0) is 21.2. The minimum Gasteiger partial charge on any atom is -0.274 e. The number of amides is 1. The fourth-order valence-corrected chi connectivity index (χ4v) is 7.23. The van der Waals surface area contributed by atoms with Gasteiger partial charge in [0.25, 0.3) is 10.0 Å². The number of hydrogen-bond donors (Lipinski definition) is 0. The number of aromatic nitrogens is 1. The monoisotopic (exact) mass is 426 g/mol. The van der Waals surface area contributed by atoms with Crippen LogP contribution in [0.2, 0.25) is 0 Å². The molecule has 0 N–H and O–H groups in total. The second-order valence-electron chi connectivity index (χ2n) is 7.98. The van der Waals surface area contributed by atoms with Crippen molar-refractivity contribution < 1.29 is 13.2 Å². The van der Waals surface area contributed by atoms with Crippen molar-refractivity contribution in [2.45, 2.75) is 22.8 Å². The zero-order valence-electron chi connectivity index (χ0n) is 16.5. The molecule has 0 radical (unpaired) electrons. The Kier molecular flexibility index (Phi) is 3.68. The summed E-state index contributed by atoms with van der Waals surface area (Å²) in [5.74, 6) is -0.842. The summed E-state index contributed by atoms with van der Waals surface area (Å²) in [6, 6.07) is 28.1. The highest BCUT2D eigenvalue weighted by Crippen LogP contribution is 2.60. The zero-order valence-corrected chi connectivity index (χ0v) is 17.3. The third kappa shape index (κ3) is 2.28. The Morgan fingerprint density at radius 1 is 0.839 bits per heavy atom. The molecule has 152 valence electrons. The van der Waals surface area contributed by atoms with E-state index >= 15 is 0 Å². The topological polar surface area (TPSA) is 67.3 Å². The number of carbonyl (C=O) groups excluding carboxylic acids is 1. The molecule has 4 aromatic rings. The van der Waals surface area contributed by atoms with Crippen molar-refractivity contribution in [3.05, 3.63) is 108 Å². The highest BCUT2D eigenvalue weighted by molar-refractivity contribution is 7.90. The Labute approximate surface area is 180 Å². The van der Waals surface area contributed by atoms with Crippen LogP contribution in [0.5, 0.6) is 0 Å². The molecule has 0 spiro atoms. The predicted molar refractivity (Wildman–Crippen MR) is 117 cm³/mol. The molecule has 6 rings (SSSR count). The van der Waals surface area contributed by atoms with E-state index in [9.17, 15) is 13.2 Å². The molecule has 1 amide bonds. The van der Waals surface area contributed by atoms with Crippen LogP contribution < -0.4 is 0 Å². The van der Waals surface area contributed by atoms with Crippen LogP contribution in [0.1, 0.15) is 29.2 Å². The highest BCUT2D eigenvalue weighted by atomic mass is 32.2. The quantitative estimate of drug-likeness (QED) is 0.482. The van der Waals surface area contributed by atoms with Crippen molar-refractivity contribution in [3.63, 3.8) is 0 Å². The fraction of sp³-hybridized carbons (Fsp3) is 0.120. The lowest BCUT2D eigenvalue weighted by molar-refractivity contribution is -0.125. The van der Waals surface area contributed by atoms with Crippen molar-refractivity contribution in [2.75, 3.05) is 0 Å². The number of rotatable bonds is 2. The van der Waals surface area contributed by atoms with Gasteiger partial charge in [-0.3, -0.25) is 9.78 Å². The summed E-state index contributed by atoms with van der Waals surface area (Å²) < 4.78 is 28.2. The molecule has 2 aliphatic heterocycles. The molecule has 1 saturated heterocycles. The molecule has 0 unspecified atom stereocenters. The Balaban J connectivity index is 1.71. The van der Waals surface area contributed by atoms with Crippen LogP contribution in [0.25, 0.3) is 10.9 Å². The maximum Gasteiger partial charge on any atom is 0.268 e. The van der Waals surface area contributed by atoms with Crippen LogP contribution in [-0.4, -0.2) is 23.6 Å². The summed E-state index contributed by atoms with van der Waals surface area (Å²) in [5.41, 5.74) is 1.79. The third-order valence-corrected chi connectivity index (χ3v) is 8.32. The molecule has 0 saturated carbocycles. The SMILES string of the molecule is O=C1C[C@H](c2ccc3ccccc3n2)[C@@]2(c3ccccc3)c3ccccc3S(=O)(=O)N12. The summed E-state index contributed by atoms with van der Waals surface area (Å²) in [5, 5.41) is 1.00. The Morgan fingerprint density at radius 3 is 2.39 bits per heavy atom. The van der Waals surface area contributed by atoms with Crippen molar-refractivity contribution in [1.29, 1.82) is 0 Å². The largest absolute Gasteiger partial charge is 0.274 e. The van der Waals surface area contributed by atoms with E-state index in [1.165, 1.54) is 0 Å². The minimum absolute atomic E-state index is 0.0772. The lowest BCUT2D eigenvalue weighted by Gasteiger charge is -2.36. The van der Waals surface area contributed by atoms with Crippen molar-refractivity contribution in [2.24, 2.45) is 0 Å². The van der Waals surface area contributed by atoms with Crippen molar-refractivity contribution >= 4 is 26.8 Å². The van der Waals surface area contributed by atoms with Crippen LogP contribution in [-0.2, 0) is 20.4 Å². The van der Waals surface area contributed by atoms with Gasteiger partial charge in [-0.1, -0.05) is 72.8 Å². The Morgan fingerprint density at radius 2 is 1.55 bits per heavy atom. The van der Waals surface area contributed by atoms with Crippen molar-refractivity contribution in [1.82, 2.24) is 9.29 Å². The molecule has 3 heterocycles. The predicted octanol–water partition coefficient (Wildman–Crippen LogP) is 4.20. The van der Waals surface area contributed by atoms with E-state index in [1.807, 2.05) is 78.9 Å². The summed E-state index contributed by atoms with van der Waals surface area (Å²) in [6.07, 6.45) is 0.0772. The lowest BCUT2D eigenvalue weighted by atomic mass is 9.73. The molecule has 1 aromatic heterocycles. The van der Waals surface area contributed by atoms with Crippen LogP contribution in [0.15, 0.2) is 95.9 Å². The number of benzene rings is 3. The van der Waals surface area contributed by atoms with E-state index in [0.717, 1.165) is 20.8 Å². The van der Waals surface area contributed by atoms with Gasteiger partial charge in [0.2, 0.25) is 5.91 Å². The van der Waals surface area contributed by atoms with E-state index in [1.54, 1.807) is 12.1 Å². The van der Waals surface area contributed by atoms with Gasteiger partial charge in [0.05, 0.1) is 10.4 Å². The first-order valence-corrected chi connectivity index (χ1v) is 11.6. The summed E-state index contributed by atoms with van der Waals surface area (Å²) >= 11 is 0. The molecule has 6 heteroatoms. The van der Waals surface area contributed by atoms with E-state index < -0.39 is 27.4 Å². The molecule has 1 fully saturated rings. The summed E-state index contributed by atoms with van der Waals surface area (Å²) in [7, 11) is -3.97. The van der Waals surface area contributed by atoms with Gasteiger partial charge < -0.3 is 0 Å². The minimum atomic E-state index is -3.97. The van der Waals surface area contributed by atoms with Gasteiger partial charge in [0, 0.05) is 29.0 Å². The van der Waals surface area contributed by atoms with Gasteiger partial charge in [-0.2, -0.15) is 0 Å². The van der Waals surface area contributed by atoms with Gasteiger partial charge in [0.1, 0.15) is 5.54 Å². The molecule has 3 aromatic carbocycles. The molecule has 2 aliphatic rings. The molecular weight excluding hydrogens is 408 g/mol. The summed E-state index contributed by atoms with van der Waals surface area (Å²) in [4.78, 5) is 18.3. The number of pyridine rings is 1. The van der Waals surface area contributed by atoms with Crippen LogP contribution in [0, 0.1) is 0 Å². The highest BCUT2D eigenvalue weighted by Gasteiger charge is 2.66. The second kappa shape index (κ2) is 6.25. The number of sulfonamides is 1. The second-order valence-corrected chi connectivity index (χ2v) is 9.73. The van der Waals surface area contributed by atoms with Gasteiger partial charge in [-0.15, -0.1) is 0 Å². The summed E-state index contributed by atoms with van der Waals surface area (Å²) in [6.45, 7) is 0. The Bertz CT molecular complexity index is 1470.